The summed E-state index contributed by atoms with van der Waals surface area (Å²) in [5, 5.41) is 3.80. The van der Waals surface area contributed by atoms with Gasteiger partial charge in [-0.15, -0.1) is 0 Å². The molecule has 2 heterocycles. The molecule has 2 aliphatic heterocycles. The van der Waals surface area contributed by atoms with Crippen LogP contribution >= 0.6 is 0 Å². The van der Waals surface area contributed by atoms with Gasteiger partial charge < -0.3 is 15.0 Å². The highest BCUT2D eigenvalue weighted by Gasteiger charge is 2.35. The van der Waals surface area contributed by atoms with Crippen LogP contribution in [-0.2, 0) is 10.2 Å². The lowest BCUT2D eigenvalue weighted by Crippen LogP contribution is -2.50. The summed E-state index contributed by atoms with van der Waals surface area (Å²) in [6, 6.07) is 11.6. The maximum Gasteiger partial charge on any atom is 0.0619 e. The molecule has 21 heavy (non-hydrogen) atoms. The van der Waals surface area contributed by atoms with E-state index in [0.717, 1.165) is 19.8 Å². The van der Waals surface area contributed by atoms with Crippen LogP contribution in [0.1, 0.15) is 31.2 Å². The van der Waals surface area contributed by atoms with Crippen molar-refractivity contribution in [2.24, 2.45) is 0 Å². The first-order valence-corrected chi connectivity index (χ1v) is 8.34. The van der Waals surface area contributed by atoms with Crippen LogP contribution in [0, 0.1) is 0 Å². The van der Waals surface area contributed by atoms with E-state index in [1.807, 2.05) is 0 Å². The van der Waals surface area contributed by atoms with Crippen LogP contribution in [0.25, 0.3) is 0 Å². The molecule has 2 saturated heterocycles. The molecule has 0 radical (unpaired) electrons. The van der Waals surface area contributed by atoms with Crippen LogP contribution < -0.4 is 5.32 Å². The quantitative estimate of drug-likeness (QED) is 0.921. The Balaban J connectivity index is 1.70. The molecule has 2 aliphatic rings. The lowest BCUT2D eigenvalue weighted by atomic mass is 9.72. The molecular formula is C18H28N2O. The number of hydrogen-bond donors (Lipinski definition) is 1. The Bertz CT molecular complexity index is 420. The molecule has 1 atom stereocenters. The van der Waals surface area contributed by atoms with E-state index >= 15 is 0 Å². The second-order valence-corrected chi connectivity index (χ2v) is 6.74. The van der Waals surface area contributed by atoms with E-state index in [1.54, 1.807) is 0 Å². The molecule has 1 unspecified atom stereocenters. The van der Waals surface area contributed by atoms with E-state index in [0.29, 0.717) is 11.5 Å². The van der Waals surface area contributed by atoms with Crippen molar-refractivity contribution in [1.82, 2.24) is 10.2 Å². The monoisotopic (exact) mass is 288 g/mol. The van der Waals surface area contributed by atoms with Gasteiger partial charge >= 0.3 is 0 Å². The first-order valence-electron chi connectivity index (χ1n) is 8.34. The SMILES string of the molecule is CN1CCC(CNC2CCCOC2)(c2ccccc2)CC1. The summed E-state index contributed by atoms with van der Waals surface area (Å²) < 4.78 is 5.61. The fourth-order valence-corrected chi connectivity index (χ4v) is 3.65. The third kappa shape index (κ3) is 3.65. The molecule has 1 aromatic carbocycles. The molecule has 2 fully saturated rings. The molecule has 3 heteroatoms. The Hall–Kier alpha value is -0.900. The Morgan fingerprint density at radius 1 is 1.24 bits per heavy atom. The first-order chi connectivity index (χ1) is 10.3. The minimum Gasteiger partial charge on any atom is -0.380 e. The Morgan fingerprint density at radius 3 is 2.67 bits per heavy atom. The maximum atomic E-state index is 5.61. The summed E-state index contributed by atoms with van der Waals surface area (Å²) >= 11 is 0. The molecule has 0 aromatic heterocycles. The smallest absolute Gasteiger partial charge is 0.0619 e. The van der Waals surface area contributed by atoms with Gasteiger partial charge in [0.2, 0.25) is 0 Å². The van der Waals surface area contributed by atoms with Gasteiger partial charge in [-0.25, -0.2) is 0 Å². The molecule has 116 valence electrons. The predicted molar refractivity (Wildman–Crippen MR) is 86.7 cm³/mol. The molecule has 0 saturated carbocycles. The van der Waals surface area contributed by atoms with E-state index in [4.69, 9.17) is 4.74 Å². The van der Waals surface area contributed by atoms with Crippen LogP contribution in [0.15, 0.2) is 30.3 Å². The summed E-state index contributed by atoms with van der Waals surface area (Å²) in [4.78, 5) is 2.45. The number of nitrogens with zero attached hydrogens (tertiary/aromatic N) is 1. The fraction of sp³-hybridized carbons (Fsp3) is 0.667. The molecule has 1 aromatic rings. The van der Waals surface area contributed by atoms with Crippen molar-refractivity contribution >= 4 is 0 Å². The van der Waals surface area contributed by atoms with Crippen molar-refractivity contribution in [2.45, 2.75) is 37.1 Å². The summed E-state index contributed by atoms with van der Waals surface area (Å²) in [6.07, 6.45) is 4.94. The molecule has 0 aliphatic carbocycles. The minimum atomic E-state index is 0.297. The van der Waals surface area contributed by atoms with Gasteiger partial charge in [0.1, 0.15) is 0 Å². The molecule has 3 nitrogen and oxygen atoms in total. The van der Waals surface area contributed by atoms with Crippen molar-refractivity contribution in [3.63, 3.8) is 0 Å². The van der Waals surface area contributed by atoms with Crippen LogP contribution in [0.3, 0.4) is 0 Å². The highest BCUT2D eigenvalue weighted by molar-refractivity contribution is 5.27. The minimum absolute atomic E-state index is 0.297. The van der Waals surface area contributed by atoms with Gasteiger partial charge in [0.15, 0.2) is 0 Å². The molecule has 0 amide bonds. The van der Waals surface area contributed by atoms with E-state index in [2.05, 4.69) is 47.6 Å². The summed E-state index contributed by atoms with van der Waals surface area (Å²) in [7, 11) is 2.23. The zero-order valence-corrected chi connectivity index (χ0v) is 13.2. The van der Waals surface area contributed by atoms with E-state index in [9.17, 15) is 0 Å². The molecule has 3 rings (SSSR count). The molecule has 0 bridgehead atoms. The highest BCUT2D eigenvalue weighted by Crippen LogP contribution is 2.34. The van der Waals surface area contributed by atoms with Crippen LogP contribution in [-0.4, -0.2) is 50.8 Å². The zero-order valence-electron chi connectivity index (χ0n) is 13.2. The Kier molecular flexibility index (Phi) is 4.94. The van der Waals surface area contributed by atoms with E-state index in [-0.39, 0.29) is 0 Å². The zero-order chi connectivity index (χ0) is 14.5. The van der Waals surface area contributed by atoms with Gasteiger partial charge in [0.25, 0.3) is 0 Å². The van der Waals surface area contributed by atoms with E-state index < -0.39 is 0 Å². The van der Waals surface area contributed by atoms with Gasteiger partial charge in [0.05, 0.1) is 6.61 Å². The fourth-order valence-electron chi connectivity index (χ4n) is 3.65. The topological polar surface area (TPSA) is 24.5 Å². The van der Waals surface area contributed by atoms with Gasteiger partial charge in [-0.05, 0) is 51.4 Å². The standard InChI is InChI=1S/C18H28N2O/c1-20-11-9-18(10-12-20,16-6-3-2-4-7-16)15-19-17-8-5-13-21-14-17/h2-4,6-7,17,19H,5,8-15H2,1H3. The third-order valence-electron chi connectivity index (χ3n) is 5.22. The van der Waals surface area contributed by atoms with Crippen LogP contribution in [0.5, 0.6) is 0 Å². The van der Waals surface area contributed by atoms with Crippen molar-refractivity contribution in [3.8, 4) is 0 Å². The van der Waals surface area contributed by atoms with Crippen molar-refractivity contribution in [3.05, 3.63) is 35.9 Å². The second kappa shape index (κ2) is 6.91. The summed E-state index contributed by atoms with van der Waals surface area (Å²) in [5.41, 5.74) is 1.80. The van der Waals surface area contributed by atoms with Gasteiger partial charge in [-0.2, -0.15) is 0 Å². The lowest BCUT2D eigenvalue weighted by Gasteiger charge is -2.42. The average molecular weight is 288 g/mol. The molecular weight excluding hydrogens is 260 g/mol. The largest absolute Gasteiger partial charge is 0.380 e. The average Bonchev–Trinajstić information content (AvgIpc) is 2.57. The van der Waals surface area contributed by atoms with E-state index in [1.165, 1.54) is 44.3 Å². The van der Waals surface area contributed by atoms with Crippen molar-refractivity contribution < 1.29 is 4.74 Å². The number of likely N-dealkylation sites (tertiary alicyclic amines) is 1. The third-order valence-corrected chi connectivity index (χ3v) is 5.22. The summed E-state index contributed by atoms with van der Waals surface area (Å²) in [6.45, 7) is 5.28. The van der Waals surface area contributed by atoms with Gasteiger partial charge in [-0.3, -0.25) is 0 Å². The predicted octanol–water partition coefficient (Wildman–Crippen LogP) is 2.42. The number of benzene rings is 1. The Morgan fingerprint density at radius 2 is 2.00 bits per heavy atom. The molecule has 0 spiro atoms. The maximum absolute atomic E-state index is 5.61. The van der Waals surface area contributed by atoms with Crippen molar-refractivity contribution in [1.29, 1.82) is 0 Å². The normalized spacial score (nSPS) is 26.6. The highest BCUT2D eigenvalue weighted by atomic mass is 16.5. The summed E-state index contributed by atoms with van der Waals surface area (Å²) in [5.74, 6) is 0. The van der Waals surface area contributed by atoms with Crippen LogP contribution in [0.2, 0.25) is 0 Å². The van der Waals surface area contributed by atoms with Gasteiger partial charge in [-0.1, -0.05) is 30.3 Å². The lowest BCUT2D eigenvalue weighted by molar-refractivity contribution is 0.0656. The second-order valence-electron chi connectivity index (χ2n) is 6.74. The number of nitrogens with one attached hydrogen (secondary N) is 1. The first kappa shape index (κ1) is 15.0. The van der Waals surface area contributed by atoms with Crippen LogP contribution in [0.4, 0.5) is 0 Å². The number of ether oxygens (including phenoxy) is 1. The number of hydrogen-bond acceptors (Lipinski definition) is 3. The molecule has 1 N–H and O–H groups in total. The Labute approximate surface area is 128 Å². The van der Waals surface area contributed by atoms with Gasteiger partial charge in [0, 0.05) is 24.6 Å². The number of rotatable bonds is 4. The van der Waals surface area contributed by atoms with Crippen molar-refractivity contribution in [2.75, 3.05) is 39.9 Å². The number of piperidine rings is 1.